The van der Waals surface area contributed by atoms with E-state index >= 15 is 0 Å². The van der Waals surface area contributed by atoms with Crippen LogP contribution >= 0.6 is 12.4 Å². The average molecular weight is 206 g/mol. The van der Waals surface area contributed by atoms with E-state index < -0.39 is 0 Å². The summed E-state index contributed by atoms with van der Waals surface area (Å²) >= 11 is 0. The lowest BCUT2D eigenvalue weighted by atomic mass is 10.2. The second-order valence-corrected chi connectivity index (χ2v) is 3.12. The summed E-state index contributed by atoms with van der Waals surface area (Å²) in [5.41, 5.74) is 1.50. The second-order valence-electron chi connectivity index (χ2n) is 3.12. The zero-order valence-corrected chi connectivity index (χ0v) is 10.3. The molecule has 0 aliphatic rings. The maximum absolute atomic E-state index is 2.50. The fraction of sp³-hybridized carbons (Fsp3) is 0.818. The van der Waals surface area contributed by atoms with Crippen molar-refractivity contribution in [2.45, 2.75) is 47.0 Å². The van der Waals surface area contributed by atoms with E-state index in [4.69, 9.17) is 0 Å². The number of rotatable bonds is 6. The number of halogens is 1. The van der Waals surface area contributed by atoms with E-state index in [-0.39, 0.29) is 12.4 Å². The lowest BCUT2D eigenvalue weighted by molar-refractivity contribution is 0.335. The SMILES string of the molecule is C/C=C(/CC)N(CCC)CCC.Cl. The van der Waals surface area contributed by atoms with Gasteiger partial charge >= 0.3 is 0 Å². The molecule has 2 heteroatoms. The maximum atomic E-state index is 2.50. The summed E-state index contributed by atoms with van der Waals surface area (Å²) in [5, 5.41) is 0. The summed E-state index contributed by atoms with van der Waals surface area (Å²) < 4.78 is 0. The normalized spacial score (nSPS) is 10.9. The van der Waals surface area contributed by atoms with Crippen molar-refractivity contribution < 1.29 is 0 Å². The molecule has 0 saturated heterocycles. The van der Waals surface area contributed by atoms with Gasteiger partial charge in [0.2, 0.25) is 0 Å². The number of allylic oxidation sites excluding steroid dienone is 2. The van der Waals surface area contributed by atoms with Crippen molar-refractivity contribution in [3.05, 3.63) is 11.8 Å². The highest BCUT2D eigenvalue weighted by molar-refractivity contribution is 5.85. The van der Waals surface area contributed by atoms with Crippen molar-refractivity contribution in [2.75, 3.05) is 13.1 Å². The van der Waals surface area contributed by atoms with Crippen LogP contribution in [0.3, 0.4) is 0 Å². The van der Waals surface area contributed by atoms with Crippen molar-refractivity contribution in [1.29, 1.82) is 0 Å². The minimum absolute atomic E-state index is 0. The monoisotopic (exact) mass is 205 g/mol. The number of nitrogens with zero attached hydrogens (tertiary/aromatic N) is 1. The molecular formula is C11H24ClN. The predicted molar refractivity (Wildman–Crippen MR) is 63.5 cm³/mol. The molecule has 0 unspecified atom stereocenters. The Kier molecular flexibility index (Phi) is 11.7. The molecule has 1 nitrogen and oxygen atoms in total. The van der Waals surface area contributed by atoms with Crippen LogP contribution in [0.4, 0.5) is 0 Å². The summed E-state index contributed by atoms with van der Waals surface area (Å²) in [5.74, 6) is 0. The van der Waals surface area contributed by atoms with E-state index in [1.807, 2.05) is 0 Å². The van der Waals surface area contributed by atoms with Gasteiger partial charge in [0.1, 0.15) is 0 Å². The third-order valence-electron chi connectivity index (χ3n) is 2.09. The van der Waals surface area contributed by atoms with Crippen molar-refractivity contribution >= 4 is 12.4 Å². The van der Waals surface area contributed by atoms with Crippen LogP contribution < -0.4 is 0 Å². The molecule has 0 aromatic rings. The third kappa shape index (κ3) is 5.98. The van der Waals surface area contributed by atoms with Gasteiger partial charge in [0.25, 0.3) is 0 Å². The Labute approximate surface area is 89.6 Å². The highest BCUT2D eigenvalue weighted by atomic mass is 35.5. The Morgan fingerprint density at radius 2 is 1.54 bits per heavy atom. The molecule has 0 saturated carbocycles. The highest BCUT2D eigenvalue weighted by Gasteiger charge is 2.03. The molecule has 80 valence electrons. The van der Waals surface area contributed by atoms with Crippen LogP contribution in [0.1, 0.15) is 47.0 Å². The Bertz CT molecular complexity index is 126. The van der Waals surface area contributed by atoms with Gasteiger partial charge in [0, 0.05) is 18.8 Å². The fourth-order valence-electron chi connectivity index (χ4n) is 1.55. The largest absolute Gasteiger partial charge is 0.375 e. The molecule has 0 aliphatic heterocycles. The first kappa shape index (κ1) is 15.3. The molecule has 0 rings (SSSR count). The summed E-state index contributed by atoms with van der Waals surface area (Å²) in [6.45, 7) is 11.3. The van der Waals surface area contributed by atoms with Gasteiger partial charge in [-0.25, -0.2) is 0 Å². The van der Waals surface area contributed by atoms with Gasteiger partial charge in [0.05, 0.1) is 0 Å². The van der Waals surface area contributed by atoms with Gasteiger partial charge in [-0.15, -0.1) is 12.4 Å². The quantitative estimate of drug-likeness (QED) is 0.637. The molecule has 0 N–H and O–H groups in total. The Balaban J connectivity index is 0. The minimum atomic E-state index is 0. The first-order chi connectivity index (χ1) is 5.79. The van der Waals surface area contributed by atoms with Crippen LogP contribution in [-0.4, -0.2) is 18.0 Å². The molecule has 0 amide bonds. The molecule has 0 fully saturated rings. The standard InChI is InChI=1S/C11H23N.ClH/c1-5-9-12(10-6-2)11(7-3)8-4;/h7H,5-6,8-10H2,1-4H3;1H/b11-7-;. The summed E-state index contributed by atoms with van der Waals surface area (Å²) in [6, 6.07) is 0. The smallest absolute Gasteiger partial charge is 0.0172 e. The van der Waals surface area contributed by atoms with Crippen molar-refractivity contribution in [3.63, 3.8) is 0 Å². The van der Waals surface area contributed by atoms with Gasteiger partial charge in [-0.3, -0.25) is 0 Å². The third-order valence-corrected chi connectivity index (χ3v) is 2.09. The van der Waals surface area contributed by atoms with Crippen LogP contribution in [0.25, 0.3) is 0 Å². The predicted octanol–water partition coefficient (Wildman–Crippen LogP) is 3.84. The first-order valence-electron chi connectivity index (χ1n) is 5.20. The van der Waals surface area contributed by atoms with E-state index in [9.17, 15) is 0 Å². The van der Waals surface area contributed by atoms with Crippen LogP contribution in [0.5, 0.6) is 0 Å². The molecule has 0 radical (unpaired) electrons. The fourth-order valence-corrected chi connectivity index (χ4v) is 1.55. The topological polar surface area (TPSA) is 3.24 Å². The van der Waals surface area contributed by atoms with Crippen LogP contribution in [-0.2, 0) is 0 Å². The number of hydrogen-bond acceptors (Lipinski definition) is 1. The summed E-state index contributed by atoms with van der Waals surface area (Å²) in [6.07, 6.45) is 5.90. The van der Waals surface area contributed by atoms with Gasteiger partial charge in [-0.2, -0.15) is 0 Å². The molecule has 0 bridgehead atoms. The van der Waals surface area contributed by atoms with E-state index in [1.165, 1.54) is 31.6 Å². The molecule has 0 spiro atoms. The lowest BCUT2D eigenvalue weighted by Crippen LogP contribution is -2.24. The first-order valence-corrected chi connectivity index (χ1v) is 5.20. The molecular weight excluding hydrogens is 182 g/mol. The van der Waals surface area contributed by atoms with Gasteiger partial charge in [-0.05, 0) is 26.2 Å². The van der Waals surface area contributed by atoms with Crippen molar-refractivity contribution in [3.8, 4) is 0 Å². The van der Waals surface area contributed by atoms with E-state index in [1.54, 1.807) is 0 Å². The molecule has 0 aliphatic carbocycles. The lowest BCUT2D eigenvalue weighted by Gasteiger charge is -2.25. The Hall–Kier alpha value is -0.170. The zero-order valence-electron chi connectivity index (χ0n) is 9.47. The molecule has 0 heterocycles. The molecule has 13 heavy (non-hydrogen) atoms. The average Bonchev–Trinajstić information content (AvgIpc) is 2.07. The van der Waals surface area contributed by atoms with E-state index in [2.05, 4.69) is 38.7 Å². The van der Waals surface area contributed by atoms with E-state index in [0.717, 1.165) is 6.42 Å². The highest BCUT2D eigenvalue weighted by Crippen LogP contribution is 2.09. The van der Waals surface area contributed by atoms with Crippen molar-refractivity contribution in [1.82, 2.24) is 4.90 Å². The van der Waals surface area contributed by atoms with Gasteiger partial charge < -0.3 is 4.90 Å². The number of hydrogen-bond donors (Lipinski definition) is 0. The van der Waals surface area contributed by atoms with E-state index in [0.29, 0.717) is 0 Å². The molecule has 0 aromatic heterocycles. The van der Waals surface area contributed by atoms with Crippen LogP contribution in [0.15, 0.2) is 11.8 Å². The van der Waals surface area contributed by atoms with Crippen LogP contribution in [0, 0.1) is 0 Å². The van der Waals surface area contributed by atoms with Gasteiger partial charge in [-0.1, -0.05) is 26.8 Å². The Morgan fingerprint density at radius 3 is 1.77 bits per heavy atom. The maximum Gasteiger partial charge on any atom is 0.0172 e. The summed E-state index contributed by atoms with van der Waals surface area (Å²) in [7, 11) is 0. The summed E-state index contributed by atoms with van der Waals surface area (Å²) in [4.78, 5) is 2.50. The van der Waals surface area contributed by atoms with Crippen LogP contribution in [0.2, 0.25) is 0 Å². The molecule has 0 atom stereocenters. The Morgan fingerprint density at radius 1 is 1.08 bits per heavy atom. The zero-order chi connectivity index (χ0) is 9.40. The second kappa shape index (κ2) is 9.91. The van der Waals surface area contributed by atoms with Gasteiger partial charge in [0.15, 0.2) is 0 Å². The molecule has 0 aromatic carbocycles. The van der Waals surface area contributed by atoms with Crippen molar-refractivity contribution in [2.24, 2.45) is 0 Å². The minimum Gasteiger partial charge on any atom is -0.375 e.